The molecule has 1 aliphatic rings. The van der Waals surface area contributed by atoms with Crippen LogP contribution in [0.25, 0.3) is 0 Å². The first-order valence-corrected chi connectivity index (χ1v) is 6.15. The summed E-state index contributed by atoms with van der Waals surface area (Å²) in [5.74, 6) is 0.543. The lowest BCUT2D eigenvalue weighted by Crippen LogP contribution is -2.27. The highest BCUT2D eigenvalue weighted by Gasteiger charge is 2.21. The Labute approximate surface area is 106 Å². The zero-order valence-electron chi connectivity index (χ0n) is 8.85. The molecule has 0 saturated carbocycles. The summed E-state index contributed by atoms with van der Waals surface area (Å²) in [4.78, 5) is 1.50. The van der Waals surface area contributed by atoms with Crippen molar-refractivity contribution in [3.05, 3.63) is 57.8 Å². The van der Waals surface area contributed by atoms with Crippen molar-refractivity contribution >= 4 is 23.7 Å². The van der Waals surface area contributed by atoms with E-state index < -0.39 is 0 Å². The topological polar surface area (TPSA) is 12.0 Å². The van der Waals surface area contributed by atoms with E-state index in [1.165, 1.54) is 16.0 Å². The first-order valence-electron chi connectivity index (χ1n) is 5.27. The number of thiophene rings is 1. The maximum absolute atomic E-state index is 3.49. The summed E-state index contributed by atoms with van der Waals surface area (Å²) in [7, 11) is 0. The standard InChI is InChI=1S/C13H13NS.ClH/c1-2-4-10(5-3-1)12-8-14-9-13-11(12)6-7-15-13;/h1-7,12,14H,8-9H2;1H. The highest BCUT2D eigenvalue weighted by atomic mass is 35.5. The Morgan fingerprint density at radius 3 is 2.75 bits per heavy atom. The van der Waals surface area contributed by atoms with Crippen LogP contribution in [-0.4, -0.2) is 6.54 Å². The normalized spacial score (nSPS) is 18.6. The summed E-state index contributed by atoms with van der Waals surface area (Å²) in [5.41, 5.74) is 2.94. The molecule has 1 atom stereocenters. The van der Waals surface area contributed by atoms with Crippen LogP contribution in [0, 0.1) is 0 Å². The van der Waals surface area contributed by atoms with Crippen LogP contribution in [0.1, 0.15) is 21.9 Å². The molecule has 1 nitrogen and oxygen atoms in total. The highest BCUT2D eigenvalue weighted by molar-refractivity contribution is 7.10. The largest absolute Gasteiger partial charge is 0.311 e. The summed E-state index contributed by atoms with van der Waals surface area (Å²) in [6.07, 6.45) is 0. The molecule has 0 spiro atoms. The van der Waals surface area contributed by atoms with Crippen LogP contribution in [-0.2, 0) is 6.54 Å². The second kappa shape index (κ2) is 5.00. The van der Waals surface area contributed by atoms with Crippen LogP contribution < -0.4 is 5.32 Å². The Bertz CT molecular complexity index is 452. The molecular weight excluding hydrogens is 238 g/mol. The molecule has 1 N–H and O–H groups in total. The molecule has 84 valence electrons. The third-order valence-corrected chi connectivity index (χ3v) is 3.93. The maximum Gasteiger partial charge on any atom is 0.0303 e. The lowest BCUT2D eigenvalue weighted by atomic mass is 9.89. The van der Waals surface area contributed by atoms with Crippen LogP contribution in [0.15, 0.2) is 41.8 Å². The van der Waals surface area contributed by atoms with Crippen LogP contribution in [0.2, 0.25) is 0 Å². The summed E-state index contributed by atoms with van der Waals surface area (Å²) >= 11 is 1.86. The zero-order chi connectivity index (χ0) is 10.1. The van der Waals surface area contributed by atoms with Gasteiger partial charge in [-0.05, 0) is 22.6 Å². The maximum atomic E-state index is 3.49. The first kappa shape index (κ1) is 11.6. The number of rotatable bonds is 1. The van der Waals surface area contributed by atoms with Gasteiger partial charge in [0.15, 0.2) is 0 Å². The van der Waals surface area contributed by atoms with Gasteiger partial charge in [0, 0.05) is 23.9 Å². The summed E-state index contributed by atoms with van der Waals surface area (Å²) in [5, 5.41) is 5.69. The Morgan fingerprint density at radius 1 is 1.12 bits per heavy atom. The molecule has 2 heterocycles. The van der Waals surface area contributed by atoms with Gasteiger partial charge in [0.05, 0.1) is 0 Å². The molecule has 1 aromatic carbocycles. The third kappa shape index (κ3) is 2.01. The second-order valence-corrected chi connectivity index (χ2v) is 4.89. The van der Waals surface area contributed by atoms with Gasteiger partial charge in [0.2, 0.25) is 0 Å². The van der Waals surface area contributed by atoms with E-state index >= 15 is 0 Å². The van der Waals surface area contributed by atoms with Crippen LogP contribution in [0.5, 0.6) is 0 Å². The second-order valence-electron chi connectivity index (χ2n) is 3.89. The Balaban J connectivity index is 0.000000963. The molecule has 2 aromatic rings. The molecule has 0 fully saturated rings. The fourth-order valence-corrected chi connectivity index (χ4v) is 3.14. The number of halogens is 1. The fraction of sp³-hybridized carbons (Fsp3) is 0.231. The van der Waals surface area contributed by atoms with Crippen LogP contribution >= 0.6 is 23.7 Å². The predicted molar refractivity (Wildman–Crippen MR) is 71.6 cm³/mol. The van der Waals surface area contributed by atoms with Crippen molar-refractivity contribution in [2.24, 2.45) is 0 Å². The van der Waals surface area contributed by atoms with Gasteiger partial charge in [-0.1, -0.05) is 30.3 Å². The number of fused-ring (bicyclic) bond motifs is 1. The van der Waals surface area contributed by atoms with Crippen molar-refractivity contribution in [2.45, 2.75) is 12.5 Å². The van der Waals surface area contributed by atoms with E-state index in [1.54, 1.807) is 0 Å². The SMILES string of the molecule is Cl.c1ccc(C2CNCc3sccc32)cc1. The molecule has 0 aliphatic carbocycles. The van der Waals surface area contributed by atoms with Crippen molar-refractivity contribution in [1.82, 2.24) is 5.32 Å². The molecule has 1 unspecified atom stereocenters. The average Bonchev–Trinajstić information content (AvgIpc) is 2.78. The number of benzene rings is 1. The van der Waals surface area contributed by atoms with Crippen molar-refractivity contribution in [2.75, 3.05) is 6.54 Å². The number of hydrogen-bond donors (Lipinski definition) is 1. The zero-order valence-corrected chi connectivity index (χ0v) is 10.5. The van der Waals surface area contributed by atoms with Gasteiger partial charge >= 0.3 is 0 Å². The predicted octanol–water partition coefficient (Wildman–Crippen LogP) is 3.41. The minimum Gasteiger partial charge on any atom is -0.311 e. The summed E-state index contributed by atoms with van der Waals surface area (Å²) < 4.78 is 0. The van der Waals surface area contributed by atoms with E-state index in [9.17, 15) is 0 Å². The summed E-state index contributed by atoms with van der Waals surface area (Å²) in [6, 6.07) is 13.0. The molecule has 0 bridgehead atoms. The highest BCUT2D eigenvalue weighted by Crippen LogP contribution is 2.32. The van der Waals surface area contributed by atoms with E-state index in [4.69, 9.17) is 0 Å². The third-order valence-electron chi connectivity index (χ3n) is 2.99. The smallest absolute Gasteiger partial charge is 0.0303 e. The van der Waals surface area contributed by atoms with Gasteiger partial charge in [-0.15, -0.1) is 23.7 Å². The van der Waals surface area contributed by atoms with Crippen molar-refractivity contribution in [1.29, 1.82) is 0 Å². The van der Waals surface area contributed by atoms with Crippen molar-refractivity contribution in [3.63, 3.8) is 0 Å². The van der Waals surface area contributed by atoms with E-state index in [0.717, 1.165) is 13.1 Å². The quantitative estimate of drug-likeness (QED) is 0.819. The summed E-state index contributed by atoms with van der Waals surface area (Å²) in [6.45, 7) is 2.10. The average molecular weight is 252 g/mol. The van der Waals surface area contributed by atoms with Gasteiger partial charge in [0.1, 0.15) is 0 Å². The lowest BCUT2D eigenvalue weighted by Gasteiger charge is -2.23. The first-order chi connectivity index (χ1) is 7.45. The lowest BCUT2D eigenvalue weighted by molar-refractivity contribution is 0.600. The van der Waals surface area contributed by atoms with Crippen molar-refractivity contribution < 1.29 is 0 Å². The van der Waals surface area contributed by atoms with E-state index in [1.807, 2.05) is 11.3 Å². The Kier molecular flexibility index (Phi) is 3.64. The Hall–Kier alpha value is -0.830. The fourth-order valence-electron chi connectivity index (χ4n) is 2.23. The van der Waals surface area contributed by atoms with Crippen LogP contribution in [0.3, 0.4) is 0 Å². The van der Waals surface area contributed by atoms with Gasteiger partial charge < -0.3 is 5.32 Å². The molecule has 0 amide bonds. The van der Waals surface area contributed by atoms with E-state index in [0.29, 0.717) is 5.92 Å². The number of nitrogens with one attached hydrogen (secondary N) is 1. The molecule has 0 saturated heterocycles. The van der Waals surface area contributed by atoms with Crippen molar-refractivity contribution in [3.8, 4) is 0 Å². The monoisotopic (exact) mass is 251 g/mol. The molecule has 1 aliphatic heterocycles. The molecule has 0 radical (unpaired) electrons. The van der Waals surface area contributed by atoms with Gasteiger partial charge in [0.25, 0.3) is 0 Å². The Morgan fingerprint density at radius 2 is 1.94 bits per heavy atom. The van der Waals surface area contributed by atoms with Gasteiger partial charge in [-0.25, -0.2) is 0 Å². The van der Waals surface area contributed by atoms with Crippen LogP contribution in [0.4, 0.5) is 0 Å². The molecule has 1 aromatic heterocycles. The number of hydrogen-bond acceptors (Lipinski definition) is 2. The van der Waals surface area contributed by atoms with E-state index in [-0.39, 0.29) is 12.4 Å². The minimum atomic E-state index is 0. The van der Waals surface area contributed by atoms with Gasteiger partial charge in [-0.2, -0.15) is 0 Å². The van der Waals surface area contributed by atoms with Gasteiger partial charge in [-0.3, -0.25) is 0 Å². The molecular formula is C13H14ClNS. The minimum absolute atomic E-state index is 0. The van der Waals surface area contributed by atoms with E-state index in [2.05, 4.69) is 47.1 Å². The molecule has 16 heavy (non-hydrogen) atoms. The molecule has 3 heteroatoms. The molecule has 3 rings (SSSR count).